The average molecular weight is 480 g/mol. The predicted octanol–water partition coefficient (Wildman–Crippen LogP) is 0.328. The average Bonchev–Trinajstić information content (AvgIpc) is 3.16. The zero-order chi connectivity index (χ0) is 24.4. The normalized spacial score (nSPS) is 41.7. The summed E-state index contributed by atoms with van der Waals surface area (Å²) in [5, 5.41) is 39.9. The summed E-state index contributed by atoms with van der Waals surface area (Å²) in [6.45, 7) is 2.89. The number of ether oxygens (including phenoxy) is 3. The number of aliphatic hydroxyl groups is 3. The Morgan fingerprint density at radius 3 is 2.74 bits per heavy atom. The smallest absolute Gasteiger partial charge is 0.335 e. The number of allylic oxidation sites excluding steroid dienone is 1. The van der Waals surface area contributed by atoms with E-state index in [1.54, 1.807) is 6.08 Å². The molecule has 9 atom stereocenters. The van der Waals surface area contributed by atoms with Gasteiger partial charge in [0.25, 0.3) is 0 Å². The number of halogens is 1. The van der Waals surface area contributed by atoms with Crippen molar-refractivity contribution in [2.45, 2.75) is 80.6 Å². The van der Waals surface area contributed by atoms with E-state index in [0.29, 0.717) is 12.8 Å². The van der Waals surface area contributed by atoms with Crippen LogP contribution in [0.1, 0.15) is 30.9 Å². The minimum absolute atomic E-state index is 0.209. The first-order chi connectivity index (χ1) is 16.1. The summed E-state index contributed by atoms with van der Waals surface area (Å²) in [4.78, 5) is 13.7. The van der Waals surface area contributed by atoms with E-state index >= 15 is 0 Å². The molecule has 5 rings (SSSR count). The van der Waals surface area contributed by atoms with Crippen LogP contribution in [0.4, 0.5) is 4.39 Å². The van der Waals surface area contributed by atoms with Crippen LogP contribution in [0.15, 0.2) is 24.3 Å². The number of carbonyl (C=O) groups is 1. The second kappa shape index (κ2) is 8.54. The zero-order valence-corrected chi connectivity index (χ0v) is 19.0. The minimum Gasteiger partial charge on any atom is -0.483 e. The molecule has 4 N–H and O–H groups in total. The van der Waals surface area contributed by atoms with Crippen molar-refractivity contribution in [1.29, 1.82) is 0 Å². The van der Waals surface area contributed by atoms with E-state index in [9.17, 15) is 29.6 Å². The number of aliphatic hydroxyl groups excluding tert-OH is 3. The summed E-state index contributed by atoms with van der Waals surface area (Å²) in [6, 6.07) is 3.50. The zero-order valence-electron chi connectivity index (χ0n) is 19.0. The van der Waals surface area contributed by atoms with E-state index in [4.69, 9.17) is 14.2 Å². The molecule has 34 heavy (non-hydrogen) atoms. The lowest BCUT2D eigenvalue weighted by molar-refractivity contribution is -0.306. The molecule has 3 heterocycles. The van der Waals surface area contributed by atoms with Gasteiger partial charge < -0.3 is 39.5 Å². The SMILES string of the molecule is CC1Cc2ccc(F)c3c2[C@@]2(CC=C[C@H](O[C@@H]4O[C@H](C(=O)O)[C@@H](O)[C@H](O)[C@H]4O)[C@@H]2O3)CCN1C. The van der Waals surface area contributed by atoms with Gasteiger partial charge in [-0.15, -0.1) is 0 Å². The molecule has 3 aliphatic heterocycles. The van der Waals surface area contributed by atoms with Crippen LogP contribution in [0.2, 0.25) is 0 Å². The van der Waals surface area contributed by atoms with Gasteiger partial charge in [0, 0.05) is 17.0 Å². The Hall–Kier alpha value is -2.08. The fourth-order valence-corrected chi connectivity index (χ4v) is 5.80. The van der Waals surface area contributed by atoms with Crippen molar-refractivity contribution in [2.24, 2.45) is 0 Å². The molecule has 0 aromatic heterocycles. The highest BCUT2D eigenvalue weighted by atomic mass is 19.1. The molecule has 1 aromatic rings. The number of nitrogens with zero attached hydrogens (tertiary/aromatic N) is 1. The lowest BCUT2D eigenvalue weighted by Gasteiger charge is -2.45. The number of carboxylic acids is 1. The Balaban J connectivity index is 1.49. The number of carboxylic acid groups (broad SMARTS) is 1. The van der Waals surface area contributed by atoms with E-state index in [1.807, 2.05) is 12.1 Å². The summed E-state index contributed by atoms with van der Waals surface area (Å²) < 4.78 is 32.5. The first-order valence-electron chi connectivity index (χ1n) is 11.6. The maximum atomic E-state index is 14.9. The van der Waals surface area contributed by atoms with Gasteiger partial charge in [0.2, 0.25) is 0 Å². The molecule has 1 spiro atoms. The standard InChI is InChI=1S/C24H30FNO8/c1-11-10-12-5-6-13(25)19-15(12)24(8-9-26(11)2)7-3-4-14(21(24)33-19)32-23-18(29)16(27)17(28)20(34-23)22(30)31/h3-6,11,14,16-18,20-21,23,27-29H,7-10H2,1-2H3,(H,30,31)/t11?,14-,16-,17-,18+,20-,21-,23+,24+/m0/s1. The third-order valence-corrected chi connectivity index (χ3v) is 7.87. The van der Waals surface area contributed by atoms with Crippen LogP contribution >= 0.6 is 0 Å². The monoisotopic (exact) mass is 479 g/mol. The Labute approximate surface area is 196 Å². The van der Waals surface area contributed by atoms with E-state index in [-0.39, 0.29) is 11.8 Å². The fraction of sp³-hybridized carbons (Fsp3) is 0.625. The molecule has 1 aliphatic carbocycles. The van der Waals surface area contributed by atoms with Crippen LogP contribution in [0, 0.1) is 5.82 Å². The summed E-state index contributed by atoms with van der Waals surface area (Å²) in [6.07, 6.45) is -4.35. The number of hydrogen-bond acceptors (Lipinski definition) is 8. The first kappa shape index (κ1) is 23.7. The van der Waals surface area contributed by atoms with Gasteiger partial charge >= 0.3 is 5.97 Å². The van der Waals surface area contributed by atoms with Crippen molar-refractivity contribution in [3.05, 3.63) is 41.2 Å². The molecule has 0 bridgehead atoms. The molecule has 0 saturated carbocycles. The molecular formula is C24H30FNO8. The van der Waals surface area contributed by atoms with Gasteiger partial charge in [-0.2, -0.15) is 0 Å². The van der Waals surface area contributed by atoms with Gasteiger partial charge in [0.1, 0.15) is 30.5 Å². The molecule has 0 amide bonds. The lowest BCUT2D eigenvalue weighted by atomic mass is 9.65. The van der Waals surface area contributed by atoms with Gasteiger partial charge in [0.15, 0.2) is 24.0 Å². The highest BCUT2D eigenvalue weighted by Gasteiger charge is 2.57. The Kier molecular flexibility index (Phi) is 5.94. The van der Waals surface area contributed by atoms with Crippen molar-refractivity contribution in [2.75, 3.05) is 13.6 Å². The Morgan fingerprint density at radius 2 is 2.00 bits per heavy atom. The number of benzene rings is 1. The minimum atomic E-state index is -1.81. The van der Waals surface area contributed by atoms with Crippen LogP contribution in [-0.2, 0) is 26.1 Å². The topological polar surface area (TPSA) is 129 Å². The Bertz CT molecular complexity index is 1000. The maximum absolute atomic E-state index is 14.9. The lowest BCUT2D eigenvalue weighted by Crippen LogP contribution is -2.62. The van der Waals surface area contributed by atoms with Crippen LogP contribution < -0.4 is 4.74 Å². The third-order valence-electron chi connectivity index (χ3n) is 7.87. The van der Waals surface area contributed by atoms with Gasteiger partial charge in [-0.1, -0.05) is 18.2 Å². The largest absolute Gasteiger partial charge is 0.483 e. The van der Waals surface area contributed by atoms with Gasteiger partial charge in [-0.05, 0) is 51.4 Å². The molecule has 1 aromatic carbocycles. The maximum Gasteiger partial charge on any atom is 0.335 e. The number of aliphatic carboxylic acids is 1. The van der Waals surface area contributed by atoms with Gasteiger partial charge in [-0.3, -0.25) is 0 Å². The van der Waals surface area contributed by atoms with Crippen LogP contribution in [0.3, 0.4) is 0 Å². The van der Waals surface area contributed by atoms with Crippen molar-refractivity contribution < 1.29 is 43.8 Å². The highest BCUT2D eigenvalue weighted by Crippen LogP contribution is 2.54. The van der Waals surface area contributed by atoms with E-state index in [2.05, 4.69) is 18.9 Å². The van der Waals surface area contributed by atoms with Crippen molar-refractivity contribution >= 4 is 5.97 Å². The summed E-state index contributed by atoms with van der Waals surface area (Å²) in [7, 11) is 2.05. The van der Waals surface area contributed by atoms with Crippen LogP contribution in [0.25, 0.3) is 0 Å². The van der Waals surface area contributed by atoms with Gasteiger partial charge in [-0.25, -0.2) is 9.18 Å². The molecule has 9 nitrogen and oxygen atoms in total. The number of likely N-dealkylation sites (N-methyl/N-ethyl adjacent to an activating group) is 1. The predicted molar refractivity (Wildman–Crippen MR) is 116 cm³/mol. The molecule has 4 aliphatic rings. The van der Waals surface area contributed by atoms with Crippen LogP contribution in [0.5, 0.6) is 5.75 Å². The van der Waals surface area contributed by atoms with E-state index < -0.39 is 60.1 Å². The third kappa shape index (κ3) is 3.55. The van der Waals surface area contributed by atoms with Crippen molar-refractivity contribution in [3.63, 3.8) is 0 Å². The molecule has 1 fully saturated rings. The molecule has 1 saturated heterocycles. The van der Waals surface area contributed by atoms with E-state index in [0.717, 1.165) is 24.1 Å². The number of hydrogen-bond donors (Lipinski definition) is 4. The summed E-state index contributed by atoms with van der Waals surface area (Å²) in [5.74, 6) is -1.73. The summed E-state index contributed by atoms with van der Waals surface area (Å²) in [5.41, 5.74) is 1.29. The molecular weight excluding hydrogens is 449 g/mol. The fourth-order valence-electron chi connectivity index (χ4n) is 5.80. The van der Waals surface area contributed by atoms with Crippen molar-refractivity contribution in [3.8, 4) is 5.75 Å². The number of rotatable bonds is 3. The molecule has 0 radical (unpaired) electrons. The molecule has 10 heteroatoms. The highest BCUT2D eigenvalue weighted by molar-refractivity contribution is 5.73. The first-order valence-corrected chi connectivity index (χ1v) is 11.6. The second-order valence-electron chi connectivity index (χ2n) is 9.86. The Morgan fingerprint density at radius 1 is 1.24 bits per heavy atom. The second-order valence-corrected chi connectivity index (χ2v) is 9.86. The summed E-state index contributed by atoms with van der Waals surface area (Å²) >= 11 is 0. The van der Waals surface area contributed by atoms with Gasteiger partial charge in [0.05, 0.1) is 0 Å². The van der Waals surface area contributed by atoms with Crippen molar-refractivity contribution in [1.82, 2.24) is 4.90 Å². The quantitative estimate of drug-likeness (QED) is 0.453. The molecule has 186 valence electrons. The molecule has 1 unspecified atom stereocenters. The van der Waals surface area contributed by atoms with Crippen LogP contribution in [-0.4, -0.2) is 93.8 Å². The van der Waals surface area contributed by atoms with E-state index in [1.165, 1.54) is 6.07 Å².